The van der Waals surface area contributed by atoms with Crippen molar-refractivity contribution in [2.45, 2.75) is 13.0 Å². The summed E-state index contributed by atoms with van der Waals surface area (Å²) >= 11 is 3.04. The van der Waals surface area contributed by atoms with Crippen molar-refractivity contribution in [2.75, 3.05) is 0 Å². The van der Waals surface area contributed by atoms with Crippen molar-refractivity contribution in [3.8, 4) is 0 Å². The first-order valence-electron chi connectivity index (χ1n) is 3.19. The van der Waals surface area contributed by atoms with Crippen LogP contribution in [0.5, 0.6) is 0 Å². The van der Waals surface area contributed by atoms with E-state index in [9.17, 15) is 8.78 Å². The van der Waals surface area contributed by atoms with Crippen molar-refractivity contribution >= 4 is 15.9 Å². The molecule has 1 aromatic rings. The highest BCUT2D eigenvalue weighted by Gasteiger charge is 2.10. The van der Waals surface area contributed by atoms with Gasteiger partial charge >= 0.3 is 0 Å². The van der Waals surface area contributed by atoms with Crippen LogP contribution >= 0.6 is 15.9 Å². The lowest BCUT2D eigenvalue weighted by molar-refractivity contribution is 0.145. The van der Waals surface area contributed by atoms with Crippen LogP contribution in [0.4, 0.5) is 8.78 Å². The Morgan fingerprint density at radius 3 is 2.67 bits per heavy atom. The Hall–Kier alpha value is -0.550. The first kappa shape index (κ1) is 9.54. The zero-order valence-electron chi connectivity index (χ0n) is 5.97. The van der Waals surface area contributed by atoms with E-state index >= 15 is 0 Å². The standard InChI is InChI=1S/C7H6BrF2NO/c8-4-1-5(3-12)11-6(2-4)7(9)10/h1-2,7,12H,3H2. The second-order valence-electron chi connectivity index (χ2n) is 2.16. The summed E-state index contributed by atoms with van der Waals surface area (Å²) < 4.78 is 24.7. The highest BCUT2D eigenvalue weighted by molar-refractivity contribution is 9.10. The molecule has 2 nitrogen and oxygen atoms in total. The zero-order chi connectivity index (χ0) is 9.14. The van der Waals surface area contributed by atoms with Crippen LogP contribution in [0.15, 0.2) is 16.6 Å². The van der Waals surface area contributed by atoms with Crippen LogP contribution in [0.3, 0.4) is 0 Å². The molecule has 0 bridgehead atoms. The summed E-state index contributed by atoms with van der Waals surface area (Å²) in [5, 5.41) is 8.64. The number of alkyl halides is 2. The van der Waals surface area contributed by atoms with Crippen molar-refractivity contribution in [3.63, 3.8) is 0 Å². The van der Waals surface area contributed by atoms with Crippen molar-refractivity contribution in [1.29, 1.82) is 0 Å². The quantitative estimate of drug-likeness (QED) is 0.857. The van der Waals surface area contributed by atoms with Gasteiger partial charge in [-0.15, -0.1) is 0 Å². The molecular formula is C7H6BrF2NO. The summed E-state index contributed by atoms with van der Waals surface area (Å²) in [6.07, 6.45) is -2.60. The van der Waals surface area contributed by atoms with Gasteiger partial charge in [0.05, 0.1) is 12.3 Å². The maximum Gasteiger partial charge on any atom is 0.280 e. The van der Waals surface area contributed by atoms with Crippen molar-refractivity contribution in [3.05, 3.63) is 28.0 Å². The van der Waals surface area contributed by atoms with Gasteiger partial charge in [0.1, 0.15) is 5.69 Å². The Morgan fingerprint density at radius 1 is 1.50 bits per heavy atom. The third-order valence-corrected chi connectivity index (χ3v) is 1.71. The number of nitrogens with zero attached hydrogens (tertiary/aromatic N) is 1. The Kier molecular flexibility index (Phi) is 3.11. The summed E-state index contributed by atoms with van der Waals surface area (Å²) in [6, 6.07) is 2.72. The SMILES string of the molecule is OCc1cc(Br)cc(C(F)F)n1. The first-order chi connectivity index (χ1) is 5.63. The lowest BCUT2D eigenvalue weighted by atomic mass is 10.3. The molecule has 0 radical (unpaired) electrons. The highest BCUT2D eigenvalue weighted by atomic mass is 79.9. The number of halogens is 3. The monoisotopic (exact) mass is 237 g/mol. The predicted octanol–water partition coefficient (Wildman–Crippen LogP) is 2.27. The fraction of sp³-hybridized carbons (Fsp3) is 0.286. The molecule has 5 heteroatoms. The average molecular weight is 238 g/mol. The number of rotatable bonds is 2. The second kappa shape index (κ2) is 3.91. The van der Waals surface area contributed by atoms with Gasteiger partial charge in [-0.25, -0.2) is 13.8 Å². The van der Waals surface area contributed by atoms with Crippen molar-refractivity contribution < 1.29 is 13.9 Å². The number of hydrogen-bond acceptors (Lipinski definition) is 2. The third-order valence-electron chi connectivity index (χ3n) is 1.25. The summed E-state index contributed by atoms with van der Waals surface area (Å²) in [6.45, 7) is -0.334. The van der Waals surface area contributed by atoms with Crippen molar-refractivity contribution in [2.24, 2.45) is 0 Å². The highest BCUT2D eigenvalue weighted by Crippen LogP contribution is 2.21. The molecule has 0 atom stereocenters. The van der Waals surface area contributed by atoms with Gasteiger partial charge in [-0.2, -0.15) is 0 Å². The number of hydrogen-bond donors (Lipinski definition) is 1. The van der Waals surface area contributed by atoms with Gasteiger partial charge in [-0.3, -0.25) is 0 Å². The van der Waals surface area contributed by atoms with E-state index in [1.165, 1.54) is 12.1 Å². The third kappa shape index (κ3) is 2.22. The average Bonchev–Trinajstić information content (AvgIpc) is 2.03. The predicted molar refractivity (Wildman–Crippen MR) is 42.8 cm³/mol. The number of aliphatic hydroxyl groups is 1. The maximum atomic E-state index is 12.1. The molecule has 0 spiro atoms. The Labute approximate surface area is 76.4 Å². The van der Waals surface area contributed by atoms with Crippen LogP contribution in [0, 0.1) is 0 Å². The second-order valence-corrected chi connectivity index (χ2v) is 3.08. The van der Waals surface area contributed by atoms with Crippen LogP contribution in [0.1, 0.15) is 17.8 Å². The Morgan fingerprint density at radius 2 is 2.17 bits per heavy atom. The molecule has 0 saturated carbocycles. The molecule has 0 aliphatic carbocycles. The van der Waals surface area contributed by atoms with E-state index in [0.29, 0.717) is 4.47 Å². The van der Waals surface area contributed by atoms with Gasteiger partial charge in [-0.1, -0.05) is 15.9 Å². The topological polar surface area (TPSA) is 33.1 Å². The molecule has 0 unspecified atom stereocenters. The molecule has 0 amide bonds. The van der Waals surface area contributed by atoms with Crippen LogP contribution in [-0.2, 0) is 6.61 Å². The molecule has 0 fully saturated rings. The number of aliphatic hydroxyl groups excluding tert-OH is 1. The van der Waals surface area contributed by atoms with Crippen molar-refractivity contribution in [1.82, 2.24) is 4.98 Å². The molecule has 1 N–H and O–H groups in total. The molecular weight excluding hydrogens is 232 g/mol. The summed E-state index contributed by atoms with van der Waals surface area (Å²) in [4.78, 5) is 3.52. The lowest BCUT2D eigenvalue weighted by Gasteiger charge is -2.02. The van der Waals surface area contributed by atoms with E-state index in [1.54, 1.807) is 0 Å². The largest absolute Gasteiger partial charge is 0.390 e. The smallest absolute Gasteiger partial charge is 0.280 e. The summed E-state index contributed by atoms with van der Waals surface area (Å²) in [5.41, 5.74) is -0.0897. The molecule has 1 aromatic heterocycles. The molecule has 1 heterocycles. The van der Waals surface area contributed by atoms with Crippen LogP contribution < -0.4 is 0 Å². The summed E-state index contributed by atoms with van der Waals surface area (Å²) in [5.74, 6) is 0. The molecule has 1 rings (SSSR count). The maximum absolute atomic E-state index is 12.1. The van der Waals surface area contributed by atoms with Gasteiger partial charge in [0.2, 0.25) is 0 Å². The minimum Gasteiger partial charge on any atom is -0.390 e. The first-order valence-corrected chi connectivity index (χ1v) is 3.98. The molecule has 12 heavy (non-hydrogen) atoms. The zero-order valence-corrected chi connectivity index (χ0v) is 7.55. The molecule has 0 saturated heterocycles. The molecule has 0 aliphatic rings. The minimum absolute atomic E-state index is 0.236. The van der Waals surface area contributed by atoms with E-state index in [-0.39, 0.29) is 18.0 Å². The summed E-state index contributed by atoms with van der Waals surface area (Å²) in [7, 11) is 0. The van der Waals surface area contributed by atoms with Crippen LogP contribution in [-0.4, -0.2) is 10.1 Å². The van der Waals surface area contributed by atoms with Crippen LogP contribution in [0.2, 0.25) is 0 Å². The fourth-order valence-electron chi connectivity index (χ4n) is 0.765. The Balaban J connectivity index is 3.06. The van der Waals surface area contributed by atoms with Gasteiger partial charge < -0.3 is 5.11 Å². The van der Waals surface area contributed by atoms with E-state index in [0.717, 1.165) is 0 Å². The van der Waals surface area contributed by atoms with E-state index < -0.39 is 6.43 Å². The fourth-order valence-corrected chi connectivity index (χ4v) is 1.26. The van der Waals surface area contributed by atoms with Gasteiger partial charge in [0.25, 0.3) is 6.43 Å². The molecule has 0 aliphatic heterocycles. The number of aromatic nitrogens is 1. The van der Waals surface area contributed by atoms with Gasteiger partial charge in [0.15, 0.2) is 0 Å². The molecule has 0 aromatic carbocycles. The number of pyridine rings is 1. The van der Waals surface area contributed by atoms with E-state index in [4.69, 9.17) is 5.11 Å². The molecule has 66 valence electrons. The van der Waals surface area contributed by atoms with Gasteiger partial charge in [-0.05, 0) is 12.1 Å². The normalized spacial score (nSPS) is 10.8. The van der Waals surface area contributed by atoms with E-state index in [1.807, 2.05) is 0 Å². The Bertz CT molecular complexity index is 280. The van der Waals surface area contributed by atoms with Gasteiger partial charge in [0, 0.05) is 4.47 Å². The minimum atomic E-state index is -2.60. The van der Waals surface area contributed by atoms with Crippen LogP contribution in [0.25, 0.3) is 0 Å². The van der Waals surface area contributed by atoms with E-state index in [2.05, 4.69) is 20.9 Å². The lowest BCUT2D eigenvalue weighted by Crippen LogP contribution is -1.95.